The molecule has 4 heteroatoms. The van der Waals surface area contributed by atoms with E-state index in [0.29, 0.717) is 5.56 Å². The third-order valence-electron chi connectivity index (χ3n) is 3.18. The summed E-state index contributed by atoms with van der Waals surface area (Å²) in [4.78, 5) is 12.7. The van der Waals surface area contributed by atoms with Gasteiger partial charge in [0.2, 0.25) is 0 Å². The molecule has 0 N–H and O–H groups in total. The molecule has 2 aromatic carbocycles. The van der Waals surface area contributed by atoms with Crippen molar-refractivity contribution in [3.8, 4) is 5.75 Å². The molecule has 0 aromatic heterocycles. The van der Waals surface area contributed by atoms with Gasteiger partial charge in [0.05, 0.1) is 19.8 Å². The summed E-state index contributed by atoms with van der Waals surface area (Å²) >= 11 is 1.69. The Morgan fingerprint density at radius 1 is 1.10 bits per heavy atom. The Morgan fingerprint density at radius 3 is 2.43 bits per heavy atom. The van der Waals surface area contributed by atoms with Crippen molar-refractivity contribution in [3.63, 3.8) is 0 Å². The highest BCUT2D eigenvalue weighted by Crippen LogP contribution is 2.26. The lowest BCUT2D eigenvalue weighted by Gasteiger charge is -2.07. The Labute approximate surface area is 129 Å². The van der Waals surface area contributed by atoms with E-state index in [1.165, 1.54) is 12.7 Å². The largest absolute Gasteiger partial charge is 0.497 e. The minimum Gasteiger partial charge on any atom is -0.497 e. The van der Waals surface area contributed by atoms with Crippen LogP contribution in [0.1, 0.15) is 21.5 Å². The lowest BCUT2D eigenvalue weighted by molar-refractivity contribution is 0.0599. The number of rotatable bonds is 5. The van der Waals surface area contributed by atoms with Gasteiger partial charge in [-0.25, -0.2) is 4.79 Å². The van der Waals surface area contributed by atoms with Crippen molar-refractivity contribution in [1.29, 1.82) is 0 Å². The van der Waals surface area contributed by atoms with Gasteiger partial charge in [-0.1, -0.05) is 18.2 Å². The summed E-state index contributed by atoms with van der Waals surface area (Å²) in [6, 6.07) is 13.8. The number of aryl methyl sites for hydroxylation is 1. The van der Waals surface area contributed by atoms with Crippen LogP contribution >= 0.6 is 11.8 Å². The van der Waals surface area contributed by atoms with Crippen LogP contribution in [0.3, 0.4) is 0 Å². The minimum atomic E-state index is -0.292. The Bertz CT molecular complexity index is 620. The molecule has 0 amide bonds. The molecule has 0 aliphatic heterocycles. The second-order valence-corrected chi connectivity index (χ2v) is 5.65. The molecule has 0 saturated carbocycles. The number of carbonyl (C=O) groups excluding carboxylic acids is 1. The fraction of sp³-hybridized carbons (Fsp3) is 0.235. The minimum absolute atomic E-state index is 0.292. The third-order valence-corrected chi connectivity index (χ3v) is 4.24. The van der Waals surface area contributed by atoms with Gasteiger partial charge in [-0.05, 0) is 42.3 Å². The van der Waals surface area contributed by atoms with Crippen molar-refractivity contribution < 1.29 is 14.3 Å². The SMILES string of the molecule is COC(=O)c1cc(SCc2ccc(OC)cc2)ccc1C. The van der Waals surface area contributed by atoms with E-state index in [1.807, 2.05) is 49.4 Å². The van der Waals surface area contributed by atoms with Gasteiger partial charge in [-0.2, -0.15) is 0 Å². The van der Waals surface area contributed by atoms with Crippen LogP contribution in [0.15, 0.2) is 47.4 Å². The van der Waals surface area contributed by atoms with Crippen LogP contribution in [0.25, 0.3) is 0 Å². The monoisotopic (exact) mass is 302 g/mol. The number of benzene rings is 2. The van der Waals surface area contributed by atoms with Gasteiger partial charge < -0.3 is 9.47 Å². The van der Waals surface area contributed by atoms with Crippen LogP contribution in [-0.2, 0) is 10.5 Å². The van der Waals surface area contributed by atoms with Gasteiger partial charge in [-0.15, -0.1) is 11.8 Å². The second-order valence-electron chi connectivity index (χ2n) is 4.61. The topological polar surface area (TPSA) is 35.5 Å². The molecule has 110 valence electrons. The Hall–Kier alpha value is -1.94. The Kier molecular flexibility index (Phi) is 5.28. The quantitative estimate of drug-likeness (QED) is 0.616. The molecule has 3 nitrogen and oxygen atoms in total. The van der Waals surface area contributed by atoms with E-state index >= 15 is 0 Å². The highest BCUT2D eigenvalue weighted by atomic mass is 32.2. The van der Waals surface area contributed by atoms with E-state index in [1.54, 1.807) is 18.9 Å². The number of esters is 1. The maximum atomic E-state index is 11.7. The molecular formula is C17H18O3S. The summed E-state index contributed by atoms with van der Waals surface area (Å²) in [5.74, 6) is 1.40. The molecular weight excluding hydrogens is 284 g/mol. The molecule has 0 radical (unpaired) electrons. The summed E-state index contributed by atoms with van der Waals surface area (Å²) in [6.07, 6.45) is 0. The van der Waals surface area contributed by atoms with Crippen molar-refractivity contribution in [1.82, 2.24) is 0 Å². The molecule has 0 atom stereocenters. The first-order valence-electron chi connectivity index (χ1n) is 6.58. The van der Waals surface area contributed by atoms with E-state index in [2.05, 4.69) is 0 Å². The molecule has 0 aliphatic carbocycles. The Balaban J connectivity index is 2.07. The van der Waals surface area contributed by atoms with Crippen molar-refractivity contribution in [2.45, 2.75) is 17.6 Å². The molecule has 0 unspecified atom stereocenters. The van der Waals surface area contributed by atoms with Crippen molar-refractivity contribution in [2.24, 2.45) is 0 Å². The van der Waals surface area contributed by atoms with Crippen molar-refractivity contribution in [3.05, 3.63) is 59.2 Å². The zero-order valence-electron chi connectivity index (χ0n) is 12.4. The average Bonchev–Trinajstić information content (AvgIpc) is 2.53. The molecule has 0 spiro atoms. The molecule has 2 aromatic rings. The lowest BCUT2D eigenvalue weighted by atomic mass is 10.1. The first-order chi connectivity index (χ1) is 10.1. The van der Waals surface area contributed by atoms with E-state index < -0.39 is 0 Å². The van der Waals surface area contributed by atoms with Crippen LogP contribution in [0.4, 0.5) is 0 Å². The average molecular weight is 302 g/mol. The van der Waals surface area contributed by atoms with Gasteiger partial charge in [0.1, 0.15) is 5.75 Å². The van der Waals surface area contributed by atoms with Crippen LogP contribution in [-0.4, -0.2) is 20.2 Å². The number of methoxy groups -OCH3 is 2. The van der Waals surface area contributed by atoms with Gasteiger partial charge >= 0.3 is 5.97 Å². The Morgan fingerprint density at radius 2 is 1.81 bits per heavy atom. The van der Waals surface area contributed by atoms with Crippen LogP contribution < -0.4 is 4.74 Å². The summed E-state index contributed by atoms with van der Waals surface area (Å²) in [6.45, 7) is 1.91. The lowest BCUT2D eigenvalue weighted by Crippen LogP contribution is -2.03. The molecule has 0 aliphatic rings. The van der Waals surface area contributed by atoms with Crippen molar-refractivity contribution in [2.75, 3.05) is 14.2 Å². The van der Waals surface area contributed by atoms with E-state index in [9.17, 15) is 4.79 Å². The molecule has 0 fully saturated rings. The van der Waals surface area contributed by atoms with Crippen LogP contribution in [0, 0.1) is 6.92 Å². The van der Waals surface area contributed by atoms with Crippen molar-refractivity contribution >= 4 is 17.7 Å². The normalized spacial score (nSPS) is 10.2. The predicted octanol–water partition coefficient (Wildman–Crippen LogP) is 4.08. The molecule has 2 rings (SSSR count). The van der Waals surface area contributed by atoms with Gasteiger partial charge in [0.15, 0.2) is 0 Å². The fourth-order valence-electron chi connectivity index (χ4n) is 1.91. The summed E-state index contributed by atoms with van der Waals surface area (Å²) < 4.78 is 9.94. The van der Waals surface area contributed by atoms with E-state index in [-0.39, 0.29) is 5.97 Å². The zero-order chi connectivity index (χ0) is 15.2. The maximum Gasteiger partial charge on any atom is 0.338 e. The smallest absolute Gasteiger partial charge is 0.338 e. The molecule has 21 heavy (non-hydrogen) atoms. The van der Waals surface area contributed by atoms with Crippen LogP contribution in [0.2, 0.25) is 0 Å². The number of hydrogen-bond acceptors (Lipinski definition) is 4. The highest BCUT2D eigenvalue weighted by molar-refractivity contribution is 7.98. The third kappa shape index (κ3) is 4.02. The molecule has 0 saturated heterocycles. The van der Waals surface area contributed by atoms with Crippen LogP contribution in [0.5, 0.6) is 5.75 Å². The first kappa shape index (κ1) is 15.4. The first-order valence-corrected chi connectivity index (χ1v) is 7.57. The molecule has 0 bridgehead atoms. The van der Waals surface area contributed by atoms with E-state index in [0.717, 1.165) is 22.0 Å². The maximum absolute atomic E-state index is 11.7. The van der Waals surface area contributed by atoms with Gasteiger partial charge in [-0.3, -0.25) is 0 Å². The fourth-order valence-corrected chi connectivity index (χ4v) is 2.80. The second kappa shape index (κ2) is 7.18. The highest BCUT2D eigenvalue weighted by Gasteiger charge is 2.10. The summed E-state index contributed by atoms with van der Waals surface area (Å²) in [5.41, 5.74) is 2.76. The summed E-state index contributed by atoms with van der Waals surface area (Å²) in [7, 11) is 3.06. The van der Waals surface area contributed by atoms with E-state index in [4.69, 9.17) is 9.47 Å². The summed E-state index contributed by atoms with van der Waals surface area (Å²) in [5, 5.41) is 0. The van der Waals surface area contributed by atoms with Gasteiger partial charge in [0, 0.05) is 10.6 Å². The number of ether oxygens (including phenoxy) is 2. The molecule has 0 heterocycles. The van der Waals surface area contributed by atoms with Gasteiger partial charge in [0.25, 0.3) is 0 Å². The standard InChI is InChI=1S/C17H18O3S/c1-12-4-9-15(10-16(12)17(18)20-3)21-11-13-5-7-14(19-2)8-6-13/h4-10H,11H2,1-3H3. The number of carbonyl (C=O) groups is 1. The predicted molar refractivity (Wildman–Crippen MR) is 85.1 cm³/mol. The zero-order valence-corrected chi connectivity index (χ0v) is 13.2. The number of hydrogen-bond donors (Lipinski definition) is 0. The number of thioether (sulfide) groups is 1.